The largest absolute Gasteiger partial charge is 0.446 e. The molecular formula is C50H27BBrF24NO2. The third kappa shape index (κ3) is 13.9. The molecule has 0 radical (unpaired) electrons. The first-order valence-electron chi connectivity index (χ1n) is 21.6. The summed E-state index contributed by atoms with van der Waals surface area (Å²) in [5.74, 6) is -0.329. The summed E-state index contributed by atoms with van der Waals surface area (Å²) < 4.78 is 348. The van der Waals surface area contributed by atoms with E-state index >= 15 is 0 Å². The van der Waals surface area contributed by atoms with Gasteiger partial charge >= 0.3 is 55.4 Å². The predicted octanol–water partition coefficient (Wildman–Crippen LogP) is 14.9. The quantitative estimate of drug-likeness (QED) is 0.0499. The van der Waals surface area contributed by atoms with Crippen LogP contribution in [0.15, 0.2) is 140 Å². The second kappa shape index (κ2) is 21.6. The Labute approximate surface area is 436 Å². The highest BCUT2D eigenvalue weighted by molar-refractivity contribution is 9.09. The lowest BCUT2D eigenvalue weighted by Crippen LogP contribution is -2.75. The van der Waals surface area contributed by atoms with Gasteiger partial charge in [0, 0.05) is 11.6 Å². The molecule has 0 spiro atoms. The maximum Gasteiger partial charge on any atom is 0.416 e. The lowest BCUT2D eigenvalue weighted by atomic mass is 9.12. The van der Waals surface area contributed by atoms with E-state index in [0.717, 1.165) is 16.3 Å². The Kier molecular flexibility index (Phi) is 16.8. The zero-order valence-electron chi connectivity index (χ0n) is 38.5. The van der Waals surface area contributed by atoms with Crippen LogP contribution in [0, 0.1) is 0 Å². The van der Waals surface area contributed by atoms with Gasteiger partial charge in [0.1, 0.15) is 11.7 Å². The summed E-state index contributed by atoms with van der Waals surface area (Å²) in [5.41, 5.74) is -28.3. The Bertz CT molecular complexity index is 2920. The van der Waals surface area contributed by atoms with Crippen LogP contribution >= 0.6 is 15.9 Å². The maximum absolute atomic E-state index is 14.2. The van der Waals surface area contributed by atoms with E-state index in [-0.39, 0.29) is 11.5 Å². The van der Waals surface area contributed by atoms with Crippen LogP contribution in [0.5, 0.6) is 0 Å². The summed E-state index contributed by atoms with van der Waals surface area (Å²) in [7, 11) is 0. The normalized spacial score (nSPS) is 13.3. The van der Waals surface area contributed by atoms with Crippen molar-refractivity contribution in [1.82, 2.24) is 0 Å². The third-order valence-corrected chi connectivity index (χ3v) is 12.2. The third-order valence-electron chi connectivity index (χ3n) is 12.0. The van der Waals surface area contributed by atoms with Gasteiger partial charge in [-0.25, -0.2) is 4.79 Å². The van der Waals surface area contributed by atoms with Gasteiger partial charge in [-0.05, 0) is 51.6 Å². The fourth-order valence-corrected chi connectivity index (χ4v) is 8.79. The standard InChI is InChI=1S/C32H12BF24.C18H15BrNO2/c34-25(35,36)13-1-14(26(37,38)39)6-21(5-13)33(22-7-15(27(40,41)42)2-16(8-22)28(43,44)45,23-9-17(29(46,47)48)3-18(10-23)30(49,50)51)24-11-19(31(52,53)54)4-20(12-24)32(55,56)57;19-13-22-18(21)17-16-9-5-4-8-15(16)10-11-20(17)12-14-6-2-1-3-7-14/h1-12H;1-11H,12-13H2/q-1;+1. The second-order valence-corrected chi connectivity index (χ2v) is 17.6. The molecule has 7 aromatic rings. The number of aromatic nitrogens is 1. The van der Waals surface area contributed by atoms with Crippen molar-refractivity contribution in [2.45, 2.75) is 56.0 Å². The zero-order valence-corrected chi connectivity index (χ0v) is 40.1. The Balaban J connectivity index is 0.000000378. The number of pyridine rings is 1. The summed E-state index contributed by atoms with van der Waals surface area (Å²) >= 11 is 3.15. The minimum absolute atomic E-state index is 0.181. The van der Waals surface area contributed by atoms with Gasteiger partial charge in [0.15, 0.2) is 12.7 Å². The first-order chi connectivity index (χ1) is 36.1. The number of rotatable bonds is 8. The molecular weight excluding hydrogens is 1190 g/mol. The van der Waals surface area contributed by atoms with Crippen LogP contribution in [0.25, 0.3) is 10.8 Å². The number of benzene rings is 6. The Morgan fingerprint density at radius 3 is 0.949 bits per heavy atom. The van der Waals surface area contributed by atoms with Crippen molar-refractivity contribution in [2.24, 2.45) is 0 Å². The summed E-state index contributed by atoms with van der Waals surface area (Å²) in [5, 5.41) is 1.92. The van der Waals surface area contributed by atoms with E-state index in [1.807, 2.05) is 71.4 Å². The van der Waals surface area contributed by atoms with Crippen LogP contribution in [0.2, 0.25) is 0 Å². The van der Waals surface area contributed by atoms with Crippen LogP contribution in [-0.4, -0.2) is 17.6 Å². The maximum atomic E-state index is 14.2. The van der Waals surface area contributed by atoms with E-state index in [1.165, 1.54) is 0 Å². The van der Waals surface area contributed by atoms with E-state index in [9.17, 15) is 110 Å². The Hall–Kier alpha value is -6.94. The number of nitrogens with zero attached hydrogens (tertiary/aromatic N) is 1. The van der Waals surface area contributed by atoms with E-state index in [1.54, 1.807) is 0 Å². The number of carbonyl (C=O) groups excluding carboxylic acids is 1. The minimum Gasteiger partial charge on any atom is -0.446 e. The number of ether oxygens (including phenoxy) is 1. The number of carbonyl (C=O) groups is 1. The number of esters is 1. The number of fused-ring (bicyclic) bond motifs is 1. The van der Waals surface area contributed by atoms with Crippen molar-refractivity contribution in [1.29, 1.82) is 0 Å². The van der Waals surface area contributed by atoms with Gasteiger partial charge in [-0.2, -0.15) is 132 Å². The van der Waals surface area contributed by atoms with Crippen LogP contribution in [-0.2, 0) is 60.7 Å². The number of hydrogen-bond donors (Lipinski definition) is 0. The smallest absolute Gasteiger partial charge is 0.416 e. The summed E-state index contributed by atoms with van der Waals surface area (Å²) in [6.07, 6.45) is -52.9. The van der Waals surface area contributed by atoms with E-state index in [0.29, 0.717) is 12.2 Å². The van der Waals surface area contributed by atoms with Gasteiger partial charge in [-0.15, -0.1) is 0 Å². The van der Waals surface area contributed by atoms with Gasteiger partial charge in [-0.1, -0.05) is 97.1 Å². The van der Waals surface area contributed by atoms with Crippen LogP contribution in [0.3, 0.4) is 0 Å². The molecule has 1 heterocycles. The SMILES string of the molecule is FC(F)(F)c1cc([B-](c2cc(C(F)(F)F)cc(C(F)(F)F)c2)(c2cc(C(F)(F)F)cc(C(F)(F)F)c2)c2cc(C(F)(F)F)cc(C(F)(F)F)c2)cc(C(F)(F)F)c1.O=C(OCBr)c1c2ccccc2cc[n+]1Cc1ccccc1. The van der Waals surface area contributed by atoms with Gasteiger partial charge in [0.05, 0.1) is 49.9 Å². The molecule has 0 N–H and O–H groups in total. The molecule has 7 rings (SSSR count). The molecule has 0 saturated carbocycles. The molecule has 0 fully saturated rings. The lowest BCUT2D eigenvalue weighted by Gasteiger charge is -2.46. The molecule has 79 heavy (non-hydrogen) atoms. The molecule has 3 nitrogen and oxygen atoms in total. The van der Waals surface area contributed by atoms with Crippen molar-refractivity contribution in [3.63, 3.8) is 0 Å². The molecule has 0 aliphatic carbocycles. The summed E-state index contributed by atoms with van der Waals surface area (Å²) in [6, 6.07) is 11.1. The molecule has 6 aromatic carbocycles. The zero-order chi connectivity index (χ0) is 59.3. The molecule has 29 heteroatoms. The van der Waals surface area contributed by atoms with Crippen LogP contribution in [0.1, 0.15) is 60.6 Å². The highest BCUT2D eigenvalue weighted by Gasteiger charge is 2.47. The average molecular weight is 1220 g/mol. The van der Waals surface area contributed by atoms with Gasteiger partial charge in [0.25, 0.3) is 5.69 Å². The van der Waals surface area contributed by atoms with Crippen molar-refractivity contribution in [2.75, 3.05) is 5.52 Å². The first-order valence-corrected chi connectivity index (χ1v) is 22.7. The van der Waals surface area contributed by atoms with Crippen molar-refractivity contribution in [3.8, 4) is 0 Å². The highest BCUT2D eigenvalue weighted by Crippen LogP contribution is 2.41. The van der Waals surface area contributed by atoms with Crippen molar-refractivity contribution < 1.29 is 119 Å². The minimum atomic E-state index is -6.13. The van der Waals surface area contributed by atoms with Crippen LogP contribution < -0.4 is 26.4 Å². The second-order valence-electron chi connectivity index (χ2n) is 17.1. The highest BCUT2D eigenvalue weighted by atomic mass is 79.9. The molecule has 0 unspecified atom stereocenters. The van der Waals surface area contributed by atoms with Crippen LogP contribution in [0.4, 0.5) is 105 Å². The van der Waals surface area contributed by atoms with Crippen molar-refractivity contribution in [3.05, 3.63) is 195 Å². The van der Waals surface area contributed by atoms with E-state index in [4.69, 9.17) is 4.74 Å². The molecule has 0 aliphatic rings. The van der Waals surface area contributed by atoms with Gasteiger partial charge < -0.3 is 4.74 Å². The Morgan fingerprint density at radius 1 is 0.392 bits per heavy atom. The topological polar surface area (TPSA) is 30.2 Å². The fraction of sp³-hybridized carbons (Fsp3) is 0.200. The number of hydrogen-bond acceptors (Lipinski definition) is 2. The lowest BCUT2D eigenvalue weighted by molar-refractivity contribution is -0.689. The van der Waals surface area contributed by atoms with E-state index in [2.05, 4.69) is 15.9 Å². The summed E-state index contributed by atoms with van der Waals surface area (Å²) in [4.78, 5) is 12.4. The molecule has 0 saturated heterocycles. The molecule has 0 atom stereocenters. The fourth-order valence-electron chi connectivity index (χ4n) is 8.59. The Morgan fingerprint density at radius 2 is 0.671 bits per heavy atom. The van der Waals surface area contributed by atoms with Crippen molar-refractivity contribution >= 4 is 60.7 Å². The first kappa shape index (κ1) is 61.3. The van der Waals surface area contributed by atoms with Gasteiger partial charge in [0.2, 0.25) is 0 Å². The monoisotopic (exact) mass is 1220 g/mol. The predicted molar refractivity (Wildman–Crippen MR) is 239 cm³/mol. The average Bonchev–Trinajstić information content (AvgIpc) is 3.46. The molecule has 0 aliphatic heterocycles. The number of alkyl halides is 25. The molecule has 422 valence electrons. The molecule has 0 bridgehead atoms. The summed E-state index contributed by atoms with van der Waals surface area (Å²) in [6.45, 7) is 0.623. The number of halogens is 25. The van der Waals surface area contributed by atoms with Gasteiger partial charge in [-0.3, -0.25) is 0 Å². The van der Waals surface area contributed by atoms with E-state index < -0.39 is 195 Å². The molecule has 1 aromatic heterocycles. The molecule has 0 amide bonds.